The number of para-hydroxylation sites is 2. The number of ketones is 1. The molecular weight excluding hydrogens is 446 g/mol. The molecule has 1 N–H and O–H groups in total. The maximum Gasteiger partial charge on any atom is 0.224 e. The van der Waals surface area contributed by atoms with Gasteiger partial charge in [-0.15, -0.1) is 0 Å². The first-order valence-electron chi connectivity index (χ1n) is 12.1. The number of nitrogens with one attached hydrogen (secondary N) is 1. The molecule has 0 saturated carbocycles. The molecule has 0 saturated heterocycles. The molecule has 5 nitrogen and oxygen atoms in total. The summed E-state index contributed by atoms with van der Waals surface area (Å²) in [6.07, 6.45) is 0.266. The SMILES string of the molecule is CC(NC(=O)Cc1ccc(-c2ccccc2)cc1)c1nc2ccccc2n1CC(=O)c1ccccc1. The molecule has 0 spiro atoms. The van der Waals surface area contributed by atoms with Crippen LogP contribution >= 0.6 is 0 Å². The molecule has 5 heteroatoms. The molecule has 4 aromatic carbocycles. The largest absolute Gasteiger partial charge is 0.346 e. The van der Waals surface area contributed by atoms with Crippen molar-refractivity contribution in [1.82, 2.24) is 14.9 Å². The number of imidazole rings is 1. The predicted molar refractivity (Wildman–Crippen MR) is 143 cm³/mol. The predicted octanol–water partition coefficient (Wildman–Crippen LogP) is 6.01. The number of aromatic nitrogens is 2. The zero-order valence-electron chi connectivity index (χ0n) is 20.1. The number of fused-ring (bicyclic) bond motifs is 1. The molecule has 0 aliphatic heterocycles. The average Bonchev–Trinajstić information content (AvgIpc) is 3.28. The Kier molecular flexibility index (Phi) is 6.72. The monoisotopic (exact) mass is 473 g/mol. The molecule has 1 heterocycles. The Morgan fingerprint density at radius 3 is 2.11 bits per heavy atom. The Morgan fingerprint density at radius 1 is 0.778 bits per heavy atom. The fourth-order valence-corrected chi connectivity index (χ4v) is 4.44. The lowest BCUT2D eigenvalue weighted by Crippen LogP contribution is -2.30. The van der Waals surface area contributed by atoms with Gasteiger partial charge in [0.25, 0.3) is 0 Å². The van der Waals surface area contributed by atoms with Crippen LogP contribution in [0.1, 0.15) is 34.7 Å². The van der Waals surface area contributed by atoms with Gasteiger partial charge in [-0.25, -0.2) is 4.98 Å². The summed E-state index contributed by atoms with van der Waals surface area (Å²) in [6, 6.07) is 34.8. The topological polar surface area (TPSA) is 64.0 Å². The smallest absolute Gasteiger partial charge is 0.224 e. The van der Waals surface area contributed by atoms with Crippen molar-refractivity contribution < 1.29 is 9.59 Å². The lowest BCUT2D eigenvalue weighted by atomic mass is 10.0. The number of nitrogens with zero attached hydrogens (tertiary/aromatic N) is 2. The van der Waals surface area contributed by atoms with Crippen molar-refractivity contribution in [3.05, 3.63) is 126 Å². The first-order chi connectivity index (χ1) is 17.6. The van der Waals surface area contributed by atoms with E-state index in [9.17, 15) is 9.59 Å². The summed E-state index contributed by atoms with van der Waals surface area (Å²) in [4.78, 5) is 30.7. The highest BCUT2D eigenvalue weighted by Gasteiger charge is 2.20. The minimum atomic E-state index is -0.364. The molecular formula is C31H27N3O2. The Labute approximate surface area is 210 Å². The van der Waals surface area contributed by atoms with E-state index in [4.69, 9.17) is 4.98 Å². The van der Waals surface area contributed by atoms with Crippen LogP contribution in [0.4, 0.5) is 0 Å². The van der Waals surface area contributed by atoms with Crippen LogP contribution in [-0.2, 0) is 17.8 Å². The van der Waals surface area contributed by atoms with Crippen molar-refractivity contribution in [2.45, 2.75) is 25.9 Å². The number of Topliss-reactive ketones (excluding diaryl/α,β-unsaturated/α-hetero) is 1. The number of benzene rings is 4. The first kappa shape index (κ1) is 23.2. The van der Waals surface area contributed by atoms with Crippen LogP contribution in [0.15, 0.2) is 109 Å². The molecule has 0 aliphatic carbocycles. The lowest BCUT2D eigenvalue weighted by Gasteiger charge is -2.16. The minimum absolute atomic E-state index is 0.00274. The molecule has 1 unspecified atom stereocenters. The van der Waals surface area contributed by atoms with Crippen LogP contribution in [-0.4, -0.2) is 21.2 Å². The lowest BCUT2D eigenvalue weighted by molar-refractivity contribution is -0.121. The highest BCUT2D eigenvalue weighted by molar-refractivity contribution is 5.96. The molecule has 0 aliphatic rings. The fraction of sp³-hybridized carbons (Fsp3) is 0.129. The molecule has 5 rings (SSSR count). The molecule has 5 aromatic rings. The van der Waals surface area contributed by atoms with E-state index in [1.165, 1.54) is 0 Å². The number of rotatable bonds is 8. The zero-order chi connectivity index (χ0) is 24.9. The van der Waals surface area contributed by atoms with E-state index >= 15 is 0 Å². The summed E-state index contributed by atoms with van der Waals surface area (Å²) in [6.45, 7) is 2.06. The van der Waals surface area contributed by atoms with E-state index in [-0.39, 0.29) is 30.7 Å². The van der Waals surface area contributed by atoms with E-state index in [1.807, 2.05) is 109 Å². The van der Waals surface area contributed by atoms with Crippen molar-refractivity contribution in [2.75, 3.05) is 0 Å². The van der Waals surface area contributed by atoms with Crippen LogP contribution in [0, 0.1) is 0 Å². The van der Waals surface area contributed by atoms with Gasteiger partial charge in [-0.05, 0) is 35.7 Å². The van der Waals surface area contributed by atoms with E-state index in [2.05, 4.69) is 17.4 Å². The highest BCUT2D eigenvalue weighted by Crippen LogP contribution is 2.23. The van der Waals surface area contributed by atoms with Gasteiger partial charge >= 0.3 is 0 Å². The van der Waals surface area contributed by atoms with Gasteiger partial charge in [0.2, 0.25) is 5.91 Å². The van der Waals surface area contributed by atoms with Crippen molar-refractivity contribution in [3.8, 4) is 11.1 Å². The standard InChI is InChI=1S/C31H27N3O2/c1-22(32-30(36)20-23-16-18-25(19-17-23)24-10-4-2-5-11-24)31-33-27-14-8-9-15-28(27)34(31)21-29(35)26-12-6-3-7-13-26/h2-19,22H,20-21H2,1H3,(H,32,36). The van der Waals surface area contributed by atoms with Gasteiger partial charge < -0.3 is 9.88 Å². The van der Waals surface area contributed by atoms with Crippen molar-refractivity contribution >= 4 is 22.7 Å². The van der Waals surface area contributed by atoms with E-state index in [1.54, 1.807) is 0 Å². The minimum Gasteiger partial charge on any atom is -0.346 e. The summed E-state index contributed by atoms with van der Waals surface area (Å²) in [5, 5.41) is 3.07. The van der Waals surface area contributed by atoms with Gasteiger partial charge in [0, 0.05) is 5.56 Å². The second-order valence-electron chi connectivity index (χ2n) is 8.86. The molecule has 36 heavy (non-hydrogen) atoms. The van der Waals surface area contributed by atoms with E-state index in [0.29, 0.717) is 11.4 Å². The summed E-state index contributed by atoms with van der Waals surface area (Å²) < 4.78 is 1.91. The molecule has 0 bridgehead atoms. The van der Waals surface area contributed by atoms with Crippen molar-refractivity contribution in [1.29, 1.82) is 0 Å². The van der Waals surface area contributed by atoms with Gasteiger partial charge in [-0.1, -0.05) is 97.1 Å². The third-order valence-electron chi connectivity index (χ3n) is 6.27. The normalized spacial score (nSPS) is 11.8. The quantitative estimate of drug-likeness (QED) is 0.281. The van der Waals surface area contributed by atoms with Gasteiger partial charge in [0.05, 0.1) is 30.0 Å². The van der Waals surface area contributed by atoms with Gasteiger partial charge in [0.15, 0.2) is 5.78 Å². The average molecular weight is 474 g/mol. The molecule has 0 radical (unpaired) electrons. The Balaban J connectivity index is 1.32. The number of hydrogen-bond acceptors (Lipinski definition) is 3. The molecule has 0 fully saturated rings. The Bertz CT molecular complexity index is 1490. The van der Waals surface area contributed by atoms with Crippen LogP contribution in [0.2, 0.25) is 0 Å². The summed E-state index contributed by atoms with van der Waals surface area (Å²) >= 11 is 0. The van der Waals surface area contributed by atoms with Crippen molar-refractivity contribution in [3.63, 3.8) is 0 Å². The van der Waals surface area contributed by atoms with Crippen LogP contribution < -0.4 is 5.32 Å². The summed E-state index contributed by atoms with van der Waals surface area (Å²) in [5.74, 6) is 0.563. The number of carbonyl (C=O) groups excluding carboxylic acids is 2. The fourth-order valence-electron chi connectivity index (χ4n) is 4.44. The Hall–Kier alpha value is -4.51. The second kappa shape index (κ2) is 10.4. The second-order valence-corrected chi connectivity index (χ2v) is 8.86. The zero-order valence-corrected chi connectivity index (χ0v) is 20.1. The third kappa shape index (κ3) is 5.10. The maximum absolute atomic E-state index is 13.0. The van der Waals surface area contributed by atoms with Crippen molar-refractivity contribution in [2.24, 2.45) is 0 Å². The van der Waals surface area contributed by atoms with E-state index in [0.717, 1.165) is 27.7 Å². The van der Waals surface area contributed by atoms with Gasteiger partial charge in [-0.3, -0.25) is 9.59 Å². The molecule has 178 valence electrons. The first-order valence-corrected chi connectivity index (χ1v) is 12.1. The molecule has 1 aromatic heterocycles. The van der Waals surface area contributed by atoms with Gasteiger partial charge in [0.1, 0.15) is 5.82 Å². The van der Waals surface area contributed by atoms with Crippen LogP contribution in [0.5, 0.6) is 0 Å². The molecule has 1 amide bonds. The molecule has 1 atom stereocenters. The summed E-state index contributed by atoms with van der Waals surface area (Å²) in [7, 11) is 0. The summed E-state index contributed by atoms with van der Waals surface area (Å²) in [5.41, 5.74) is 5.51. The highest BCUT2D eigenvalue weighted by atomic mass is 16.1. The number of amides is 1. The third-order valence-corrected chi connectivity index (χ3v) is 6.27. The number of hydrogen-bond donors (Lipinski definition) is 1. The van der Waals surface area contributed by atoms with Gasteiger partial charge in [-0.2, -0.15) is 0 Å². The van der Waals surface area contributed by atoms with E-state index < -0.39 is 0 Å². The number of carbonyl (C=O) groups is 2. The maximum atomic E-state index is 13.0. The van der Waals surface area contributed by atoms with Crippen LogP contribution in [0.3, 0.4) is 0 Å². The Morgan fingerprint density at radius 2 is 1.39 bits per heavy atom. The van der Waals surface area contributed by atoms with Crippen LogP contribution in [0.25, 0.3) is 22.2 Å².